The molecule has 4 atom stereocenters. The first kappa shape index (κ1) is 18.5. The van der Waals surface area contributed by atoms with Crippen molar-refractivity contribution >= 4 is 5.97 Å². The molecule has 2 aliphatic rings. The molecule has 2 nitrogen and oxygen atoms in total. The van der Waals surface area contributed by atoms with E-state index in [1.807, 2.05) is 0 Å². The Labute approximate surface area is 143 Å². The summed E-state index contributed by atoms with van der Waals surface area (Å²) in [5.74, 6) is 1.02. The predicted octanol–water partition coefficient (Wildman–Crippen LogP) is 5.91. The van der Waals surface area contributed by atoms with Gasteiger partial charge in [-0.1, -0.05) is 32.8 Å². The minimum absolute atomic E-state index is 0.134. The van der Waals surface area contributed by atoms with Gasteiger partial charge in [-0.3, -0.25) is 4.79 Å². The van der Waals surface area contributed by atoms with Crippen molar-refractivity contribution < 1.29 is 9.53 Å². The lowest BCUT2D eigenvalue weighted by molar-refractivity contribution is -0.199. The van der Waals surface area contributed by atoms with Gasteiger partial charge in [-0.05, 0) is 69.1 Å². The zero-order valence-electron chi connectivity index (χ0n) is 16.1. The van der Waals surface area contributed by atoms with Crippen LogP contribution in [0.5, 0.6) is 0 Å². The van der Waals surface area contributed by atoms with Gasteiger partial charge in [0, 0.05) is 12.8 Å². The maximum absolute atomic E-state index is 11.8. The van der Waals surface area contributed by atoms with E-state index in [1.54, 1.807) is 6.92 Å². The molecule has 0 amide bonds. The second-order valence-electron chi connectivity index (χ2n) is 9.39. The summed E-state index contributed by atoms with van der Waals surface area (Å²) < 4.78 is 5.94. The third-order valence-corrected chi connectivity index (χ3v) is 6.98. The lowest BCUT2D eigenvalue weighted by Gasteiger charge is -2.62. The molecular weight excluding hydrogens is 284 g/mol. The summed E-state index contributed by atoms with van der Waals surface area (Å²) >= 11 is 0. The van der Waals surface area contributed by atoms with E-state index in [1.165, 1.54) is 31.3 Å². The van der Waals surface area contributed by atoms with Gasteiger partial charge in [0.15, 0.2) is 0 Å². The minimum Gasteiger partial charge on any atom is -0.459 e. The van der Waals surface area contributed by atoms with Crippen LogP contribution in [0, 0.1) is 22.7 Å². The minimum atomic E-state index is -0.319. The maximum atomic E-state index is 11.8. The van der Waals surface area contributed by atoms with Crippen LogP contribution in [-0.4, -0.2) is 11.6 Å². The summed E-state index contributed by atoms with van der Waals surface area (Å²) in [6.45, 7) is 17.3. The molecule has 2 aliphatic carbocycles. The highest BCUT2D eigenvalue weighted by Gasteiger charge is 2.59. The lowest BCUT2D eigenvalue weighted by atomic mass is 9.45. The molecule has 0 spiro atoms. The van der Waals surface area contributed by atoms with Gasteiger partial charge in [0.05, 0.1) is 0 Å². The van der Waals surface area contributed by atoms with Crippen LogP contribution in [0.25, 0.3) is 0 Å². The average Bonchev–Trinajstić information content (AvgIpc) is 2.34. The van der Waals surface area contributed by atoms with Gasteiger partial charge in [-0.15, -0.1) is 6.58 Å². The van der Waals surface area contributed by atoms with Gasteiger partial charge < -0.3 is 4.74 Å². The predicted molar refractivity (Wildman–Crippen MR) is 96.2 cm³/mol. The fraction of sp³-hybridized carbons (Fsp3) is 0.857. The molecule has 2 saturated carbocycles. The maximum Gasteiger partial charge on any atom is 0.303 e. The van der Waals surface area contributed by atoms with Crippen LogP contribution in [0.1, 0.15) is 86.5 Å². The van der Waals surface area contributed by atoms with E-state index >= 15 is 0 Å². The smallest absolute Gasteiger partial charge is 0.303 e. The number of ether oxygens (including phenoxy) is 1. The molecule has 0 unspecified atom stereocenters. The van der Waals surface area contributed by atoms with E-state index in [-0.39, 0.29) is 17.0 Å². The van der Waals surface area contributed by atoms with E-state index in [4.69, 9.17) is 4.74 Å². The second kappa shape index (κ2) is 6.26. The Balaban J connectivity index is 2.38. The van der Waals surface area contributed by atoms with Crippen LogP contribution < -0.4 is 0 Å². The summed E-state index contributed by atoms with van der Waals surface area (Å²) in [5.41, 5.74) is 1.57. The quantitative estimate of drug-likeness (QED) is 0.475. The summed E-state index contributed by atoms with van der Waals surface area (Å²) in [5, 5.41) is 0. The van der Waals surface area contributed by atoms with Crippen molar-refractivity contribution in [3.63, 3.8) is 0 Å². The van der Waals surface area contributed by atoms with Gasteiger partial charge in [-0.2, -0.15) is 0 Å². The van der Waals surface area contributed by atoms with Gasteiger partial charge in [0.25, 0.3) is 0 Å². The third-order valence-electron chi connectivity index (χ3n) is 6.98. The van der Waals surface area contributed by atoms with E-state index in [2.05, 4.69) is 41.2 Å². The molecule has 0 heterocycles. The van der Waals surface area contributed by atoms with Gasteiger partial charge in [0.2, 0.25) is 0 Å². The first-order valence-corrected chi connectivity index (χ1v) is 9.35. The Morgan fingerprint density at radius 3 is 2.35 bits per heavy atom. The molecule has 0 saturated heterocycles. The Bertz CT molecular complexity index is 478. The van der Waals surface area contributed by atoms with E-state index in [0.717, 1.165) is 25.2 Å². The van der Waals surface area contributed by atoms with Crippen LogP contribution in [-0.2, 0) is 9.53 Å². The summed E-state index contributed by atoms with van der Waals surface area (Å²) in [7, 11) is 0. The summed E-state index contributed by atoms with van der Waals surface area (Å²) in [6.07, 6.45) is 8.17. The largest absolute Gasteiger partial charge is 0.459 e. The van der Waals surface area contributed by atoms with E-state index in [0.29, 0.717) is 11.3 Å². The van der Waals surface area contributed by atoms with Crippen molar-refractivity contribution in [1.29, 1.82) is 0 Å². The summed E-state index contributed by atoms with van der Waals surface area (Å²) in [4.78, 5) is 11.8. The first-order valence-electron chi connectivity index (χ1n) is 9.35. The highest BCUT2D eigenvalue weighted by molar-refractivity contribution is 5.66. The molecule has 23 heavy (non-hydrogen) atoms. The molecule has 0 bridgehead atoms. The van der Waals surface area contributed by atoms with Crippen molar-refractivity contribution in [3.8, 4) is 0 Å². The fourth-order valence-corrected chi connectivity index (χ4v) is 6.08. The van der Waals surface area contributed by atoms with Crippen molar-refractivity contribution in [2.45, 2.75) is 92.1 Å². The zero-order valence-corrected chi connectivity index (χ0v) is 16.1. The van der Waals surface area contributed by atoms with Gasteiger partial charge >= 0.3 is 5.97 Å². The first-order chi connectivity index (χ1) is 10.5. The Kier molecular flexibility index (Phi) is 5.05. The van der Waals surface area contributed by atoms with Crippen molar-refractivity contribution in [2.75, 3.05) is 0 Å². The van der Waals surface area contributed by atoms with E-state index < -0.39 is 0 Å². The Morgan fingerprint density at radius 2 is 1.78 bits per heavy atom. The van der Waals surface area contributed by atoms with Crippen molar-refractivity contribution in [3.05, 3.63) is 12.2 Å². The van der Waals surface area contributed by atoms with Crippen LogP contribution in [0.3, 0.4) is 0 Å². The Hall–Kier alpha value is -0.790. The normalized spacial score (nSPS) is 39.4. The van der Waals surface area contributed by atoms with Crippen LogP contribution >= 0.6 is 0 Å². The van der Waals surface area contributed by atoms with Crippen LogP contribution in [0.4, 0.5) is 0 Å². The number of allylic oxidation sites excluding steroid dienone is 1. The molecular formula is C21H36O2. The molecule has 0 aliphatic heterocycles. The highest BCUT2D eigenvalue weighted by Crippen LogP contribution is 2.63. The SMILES string of the molecule is C=C(C)CC[C@@H]1[C@@]2(C)CCCC(C)(C)[C@@H]2CC[C@@]1(C)OC(C)=O. The molecule has 0 aromatic carbocycles. The van der Waals surface area contributed by atoms with Gasteiger partial charge in [-0.25, -0.2) is 0 Å². The van der Waals surface area contributed by atoms with Crippen LogP contribution in [0.15, 0.2) is 12.2 Å². The molecule has 2 fully saturated rings. The molecule has 2 heteroatoms. The molecule has 0 N–H and O–H groups in total. The Morgan fingerprint density at radius 1 is 1.13 bits per heavy atom. The average molecular weight is 321 g/mol. The second-order valence-corrected chi connectivity index (χ2v) is 9.39. The van der Waals surface area contributed by atoms with Crippen LogP contribution in [0.2, 0.25) is 0 Å². The molecule has 2 rings (SSSR count). The number of carbonyl (C=O) groups excluding carboxylic acids is 1. The molecule has 0 aromatic heterocycles. The summed E-state index contributed by atoms with van der Waals surface area (Å²) in [6, 6.07) is 0. The van der Waals surface area contributed by atoms with Crippen molar-refractivity contribution in [1.82, 2.24) is 0 Å². The number of hydrogen-bond donors (Lipinski definition) is 0. The third kappa shape index (κ3) is 3.51. The topological polar surface area (TPSA) is 26.3 Å². The number of fused-ring (bicyclic) bond motifs is 1. The number of carbonyl (C=O) groups is 1. The number of esters is 1. The molecule has 0 aromatic rings. The highest BCUT2D eigenvalue weighted by atomic mass is 16.6. The molecule has 0 radical (unpaired) electrons. The number of rotatable bonds is 4. The van der Waals surface area contributed by atoms with E-state index in [9.17, 15) is 4.79 Å². The zero-order chi connectivity index (χ0) is 17.5. The van der Waals surface area contributed by atoms with Gasteiger partial charge in [0.1, 0.15) is 5.60 Å². The standard InChI is InChI=1S/C21H36O2/c1-15(2)9-10-18-20(6)13-8-12-19(4,5)17(20)11-14-21(18,7)23-16(3)22/h17-18H,1,8-14H2,2-7H3/t17-,18+,20-,21+/m0/s1. The monoisotopic (exact) mass is 320 g/mol. The fourth-order valence-electron chi connectivity index (χ4n) is 6.08. The lowest BCUT2D eigenvalue weighted by Crippen LogP contribution is -2.58. The van der Waals surface area contributed by atoms with Crippen molar-refractivity contribution in [2.24, 2.45) is 22.7 Å². The molecule has 132 valence electrons. The number of hydrogen-bond acceptors (Lipinski definition) is 2.